The van der Waals surface area contributed by atoms with Crippen LogP contribution in [0.1, 0.15) is 6.92 Å². The van der Waals surface area contributed by atoms with Gasteiger partial charge in [-0.05, 0) is 49.7 Å². The summed E-state index contributed by atoms with van der Waals surface area (Å²) in [6.07, 6.45) is 3.16. The third-order valence-electron chi connectivity index (χ3n) is 1.91. The Morgan fingerprint density at radius 3 is 2.15 bits per heavy atom. The maximum Gasteiger partial charge on any atom is 0.129 e. The van der Waals surface area contributed by atoms with Crippen molar-refractivity contribution in [3.63, 3.8) is 0 Å². The van der Waals surface area contributed by atoms with E-state index in [1.165, 1.54) is 6.20 Å². The van der Waals surface area contributed by atoms with Crippen molar-refractivity contribution in [2.24, 2.45) is 0 Å². The second-order valence-electron chi connectivity index (χ2n) is 3.41. The molecule has 0 aliphatic rings. The van der Waals surface area contributed by atoms with Crippen LogP contribution in [0, 0.1) is 0 Å². The van der Waals surface area contributed by atoms with Crippen molar-refractivity contribution >= 4 is 72.5 Å². The molecule has 0 radical (unpaired) electrons. The number of nitrogens with two attached hydrogens (primary N) is 1. The van der Waals surface area contributed by atoms with Crippen molar-refractivity contribution in [3.8, 4) is 0 Å². The smallest absolute Gasteiger partial charge is 0.129 e. The molecule has 0 aromatic carbocycles. The minimum atomic E-state index is 0.552. The van der Waals surface area contributed by atoms with Crippen molar-refractivity contribution in [2.75, 3.05) is 11.5 Å². The number of aromatic nitrogens is 2. The Bertz CT molecular complexity index is 585. The first kappa shape index (κ1) is 18.0. The van der Waals surface area contributed by atoms with Gasteiger partial charge in [0, 0.05) is 17.3 Å². The number of pyridine rings is 2. The molecule has 2 heterocycles. The van der Waals surface area contributed by atoms with Gasteiger partial charge in [0.05, 0.1) is 15.7 Å². The van der Waals surface area contributed by atoms with Crippen LogP contribution in [-0.2, 0) is 0 Å². The lowest BCUT2D eigenvalue weighted by molar-refractivity contribution is 1.18. The van der Waals surface area contributed by atoms with E-state index in [0.717, 1.165) is 15.3 Å². The summed E-state index contributed by atoms with van der Waals surface area (Å²) in [4.78, 5) is 9.00. The molecule has 0 amide bonds. The largest absolute Gasteiger partial charge is 0.396 e. The lowest BCUT2D eigenvalue weighted by atomic mass is 10.4. The molecule has 2 rings (SSSR count). The highest BCUT2D eigenvalue weighted by molar-refractivity contribution is 9.10. The van der Waals surface area contributed by atoms with Crippen LogP contribution in [0.5, 0.6) is 0 Å². The second-order valence-corrected chi connectivity index (χ2v) is 7.09. The minimum Gasteiger partial charge on any atom is -0.396 e. The first-order chi connectivity index (χ1) is 9.43. The minimum absolute atomic E-state index is 0.552. The number of anilines is 1. The van der Waals surface area contributed by atoms with E-state index in [9.17, 15) is 0 Å². The van der Waals surface area contributed by atoms with Gasteiger partial charge in [-0.2, -0.15) is 0 Å². The van der Waals surface area contributed by atoms with E-state index < -0.39 is 0 Å². The van der Waals surface area contributed by atoms with E-state index in [-0.39, 0.29) is 0 Å². The van der Waals surface area contributed by atoms with E-state index in [1.807, 2.05) is 6.07 Å². The number of nitrogens with zero attached hydrogens (tertiary/aromatic N) is 2. The maximum absolute atomic E-state index is 5.76. The van der Waals surface area contributed by atoms with Crippen molar-refractivity contribution < 1.29 is 0 Å². The highest BCUT2D eigenvalue weighted by Crippen LogP contribution is 2.27. The summed E-state index contributed by atoms with van der Waals surface area (Å²) >= 11 is 19.5. The molecule has 2 aromatic heterocycles. The normalized spacial score (nSPS) is 9.85. The van der Waals surface area contributed by atoms with Gasteiger partial charge in [0.1, 0.15) is 9.21 Å². The number of hydrogen-bond acceptors (Lipinski definition) is 4. The molecule has 108 valence electrons. The second kappa shape index (κ2) is 9.10. The van der Waals surface area contributed by atoms with Crippen LogP contribution >= 0.6 is 66.8 Å². The summed E-state index contributed by atoms with van der Waals surface area (Å²) < 4.78 is 1.50. The van der Waals surface area contributed by atoms with Crippen LogP contribution in [0.25, 0.3) is 0 Å². The molecular formula is C12H11Br2Cl2N3S. The molecule has 0 bridgehead atoms. The quantitative estimate of drug-likeness (QED) is 0.463. The lowest BCUT2D eigenvalue weighted by Gasteiger charge is -2.00. The van der Waals surface area contributed by atoms with Gasteiger partial charge < -0.3 is 5.73 Å². The van der Waals surface area contributed by atoms with Gasteiger partial charge in [-0.1, -0.05) is 30.1 Å². The van der Waals surface area contributed by atoms with Crippen molar-refractivity contribution in [1.29, 1.82) is 0 Å². The Morgan fingerprint density at radius 2 is 1.65 bits per heavy atom. The predicted molar refractivity (Wildman–Crippen MR) is 94.7 cm³/mol. The Morgan fingerprint density at radius 1 is 1.10 bits per heavy atom. The molecule has 20 heavy (non-hydrogen) atoms. The molecule has 2 N–H and O–H groups in total. The summed E-state index contributed by atoms with van der Waals surface area (Å²) in [7, 11) is 0. The zero-order valence-corrected chi connectivity index (χ0v) is 15.9. The highest BCUT2D eigenvalue weighted by Gasteiger charge is 2.00. The summed E-state index contributed by atoms with van der Waals surface area (Å²) in [6, 6.07) is 3.55. The molecule has 0 saturated carbocycles. The number of thioether (sulfide) groups is 1. The first-order valence-electron chi connectivity index (χ1n) is 5.44. The fourth-order valence-corrected chi connectivity index (χ4v) is 2.96. The standard InChI is InChI=1S/C7H7BrClNS.C5H4BrClN2/c1-2-11-6-3-5(9)4-10-7(6)8;6-5-4(8)1-3(7)2-9-5/h3-4H,2H2,1H3;1-2H,8H2. The average molecular weight is 460 g/mol. The molecule has 2 aromatic rings. The maximum atomic E-state index is 5.76. The Balaban J connectivity index is 0.000000204. The summed E-state index contributed by atoms with van der Waals surface area (Å²) in [6.45, 7) is 2.10. The molecule has 0 saturated heterocycles. The van der Waals surface area contributed by atoms with E-state index in [1.54, 1.807) is 24.0 Å². The zero-order valence-electron chi connectivity index (χ0n) is 10.4. The van der Waals surface area contributed by atoms with Gasteiger partial charge in [0.2, 0.25) is 0 Å². The Hall–Kier alpha value is -0.0100. The van der Waals surface area contributed by atoms with E-state index in [2.05, 4.69) is 48.8 Å². The number of halogens is 4. The molecule has 3 nitrogen and oxygen atoms in total. The number of rotatable bonds is 2. The van der Waals surface area contributed by atoms with Crippen molar-refractivity contribution in [1.82, 2.24) is 9.97 Å². The number of hydrogen-bond donors (Lipinski definition) is 1. The monoisotopic (exact) mass is 457 g/mol. The third-order valence-corrected chi connectivity index (χ3v) is 4.79. The molecular weight excluding hydrogens is 449 g/mol. The van der Waals surface area contributed by atoms with Crippen LogP contribution in [0.2, 0.25) is 10.0 Å². The van der Waals surface area contributed by atoms with Crippen LogP contribution in [0.15, 0.2) is 38.6 Å². The molecule has 0 unspecified atom stereocenters. The molecule has 0 aliphatic heterocycles. The fourth-order valence-electron chi connectivity index (χ4n) is 1.10. The SMILES string of the molecule is CCSc1cc(Cl)cnc1Br.Nc1cc(Cl)cnc1Br. The van der Waals surface area contributed by atoms with Gasteiger partial charge in [-0.15, -0.1) is 11.8 Å². The molecule has 0 atom stereocenters. The van der Waals surface area contributed by atoms with Gasteiger partial charge in [0.15, 0.2) is 0 Å². The fraction of sp³-hybridized carbons (Fsp3) is 0.167. The molecule has 0 fully saturated rings. The Kier molecular flexibility index (Phi) is 8.21. The van der Waals surface area contributed by atoms with Crippen LogP contribution < -0.4 is 5.73 Å². The zero-order chi connectivity index (χ0) is 15.1. The van der Waals surface area contributed by atoms with Gasteiger partial charge in [0.25, 0.3) is 0 Å². The summed E-state index contributed by atoms with van der Waals surface area (Å²) in [5, 5.41) is 1.24. The van der Waals surface area contributed by atoms with Gasteiger partial charge in [-0.25, -0.2) is 9.97 Å². The summed E-state index contributed by atoms with van der Waals surface area (Å²) in [5.41, 5.74) is 5.98. The molecule has 0 aliphatic carbocycles. The van der Waals surface area contributed by atoms with Crippen molar-refractivity contribution in [2.45, 2.75) is 11.8 Å². The van der Waals surface area contributed by atoms with Crippen molar-refractivity contribution in [3.05, 3.63) is 43.8 Å². The van der Waals surface area contributed by atoms with Crippen LogP contribution in [0.4, 0.5) is 5.69 Å². The van der Waals surface area contributed by atoms with Crippen LogP contribution in [0.3, 0.4) is 0 Å². The van der Waals surface area contributed by atoms with Crippen LogP contribution in [-0.4, -0.2) is 15.7 Å². The molecule has 8 heteroatoms. The first-order valence-corrected chi connectivity index (χ1v) is 8.77. The van der Waals surface area contributed by atoms with Gasteiger partial charge >= 0.3 is 0 Å². The lowest BCUT2D eigenvalue weighted by Crippen LogP contribution is -1.87. The summed E-state index contributed by atoms with van der Waals surface area (Å²) in [5.74, 6) is 1.03. The predicted octanol–water partition coefficient (Wildman–Crippen LogP) is 5.69. The topological polar surface area (TPSA) is 51.8 Å². The third kappa shape index (κ3) is 6.18. The van der Waals surface area contributed by atoms with E-state index >= 15 is 0 Å². The van der Waals surface area contributed by atoms with E-state index in [0.29, 0.717) is 20.3 Å². The Labute approximate surface area is 148 Å². The van der Waals surface area contributed by atoms with Gasteiger partial charge in [-0.3, -0.25) is 0 Å². The average Bonchev–Trinajstić information content (AvgIpc) is 2.40. The highest BCUT2D eigenvalue weighted by atomic mass is 79.9. The molecule has 0 spiro atoms. The number of nitrogen functional groups attached to an aromatic ring is 1. The van der Waals surface area contributed by atoms with E-state index in [4.69, 9.17) is 28.9 Å².